The summed E-state index contributed by atoms with van der Waals surface area (Å²) in [6, 6.07) is 4.92. The lowest BCUT2D eigenvalue weighted by atomic mass is 9.79. The number of ether oxygens (including phenoxy) is 1. The van der Waals surface area contributed by atoms with Gasteiger partial charge in [-0.15, -0.1) is 0 Å². The molecular formula is C19H31NO. The summed E-state index contributed by atoms with van der Waals surface area (Å²) in [4.78, 5) is 0. The molecule has 1 N–H and O–H groups in total. The number of hydrogen-bond acceptors (Lipinski definition) is 2. The van der Waals surface area contributed by atoms with Gasteiger partial charge in [-0.1, -0.05) is 32.3 Å². The minimum Gasteiger partial charge on any atom is -0.496 e. The van der Waals surface area contributed by atoms with Crippen LogP contribution in [0, 0.1) is 19.8 Å². The zero-order valence-electron chi connectivity index (χ0n) is 14.2. The van der Waals surface area contributed by atoms with Crippen LogP contribution >= 0.6 is 0 Å². The van der Waals surface area contributed by atoms with Gasteiger partial charge in [0.25, 0.3) is 0 Å². The molecule has 0 spiro atoms. The molecule has 0 radical (unpaired) electrons. The highest BCUT2D eigenvalue weighted by atomic mass is 16.5. The molecule has 1 aromatic carbocycles. The van der Waals surface area contributed by atoms with E-state index in [1.54, 1.807) is 7.11 Å². The first-order valence-electron chi connectivity index (χ1n) is 8.55. The quantitative estimate of drug-likeness (QED) is 0.801. The molecule has 2 rings (SSSR count). The largest absolute Gasteiger partial charge is 0.496 e. The summed E-state index contributed by atoms with van der Waals surface area (Å²) in [5.41, 5.74) is 4.04. The van der Waals surface area contributed by atoms with Crippen LogP contribution in [0.1, 0.15) is 68.2 Å². The van der Waals surface area contributed by atoms with E-state index in [2.05, 4.69) is 38.2 Å². The second kappa shape index (κ2) is 7.84. The Morgan fingerprint density at radius 1 is 1.19 bits per heavy atom. The van der Waals surface area contributed by atoms with Crippen LogP contribution in [0.3, 0.4) is 0 Å². The van der Waals surface area contributed by atoms with Crippen LogP contribution in [0.25, 0.3) is 0 Å². The zero-order valence-corrected chi connectivity index (χ0v) is 14.2. The predicted octanol–water partition coefficient (Wildman–Crippen LogP) is 4.93. The van der Waals surface area contributed by atoms with Gasteiger partial charge in [0.2, 0.25) is 0 Å². The number of methoxy groups -OCH3 is 1. The number of hydrogen-bond donors (Lipinski definition) is 1. The highest BCUT2D eigenvalue weighted by molar-refractivity contribution is 5.45. The number of benzene rings is 1. The Kier molecular flexibility index (Phi) is 6.10. The van der Waals surface area contributed by atoms with Gasteiger partial charge in [0.05, 0.1) is 7.11 Å². The second-order valence-electron chi connectivity index (χ2n) is 6.53. The topological polar surface area (TPSA) is 21.3 Å². The van der Waals surface area contributed by atoms with Crippen molar-refractivity contribution in [2.24, 2.45) is 5.92 Å². The van der Waals surface area contributed by atoms with Crippen LogP contribution in [0.2, 0.25) is 0 Å². The Hall–Kier alpha value is -1.02. The van der Waals surface area contributed by atoms with Crippen LogP contribution in [0.5, 0.6) is 5.75 Å². The van der Waals surface area contributed by atoms with Crippen molar-refractivity contribution in [3.63, 3.8) is 0 Å². The molecule has 1 saturated carbocycles. The van der Waals surface area contributed by atoms with Gasteiger partial charge < -0.3 is 10.1 Å². The van der Waals surface area contributed by atoms with E-state index < -0.39 is 0 Å². The van der Waals surface area contributed by atoms with Crippen molar-refractivity contribution in [2.75, 3.05) is 13.7 Å². The van der Waals surface area contributed by atoms with E-state index in [4.69, 9.17) is 4.74 Å². The van der Waals surface area contributed by atoms with Gasteiger partial charge in [0.15, 0.2) is 0 Å². The van der Waals surface area contributed by atoms with Crippen molar-refractivity contribution >= 4 is 0 Å². The lowest BCUT2D eigenvalue weighted by Gasteiger charge is -2.33. The summed E-state index contributed by atoms with van der Waals surface area (Å²) in [6.45, 7) is 7.70. The smallest absolute Gasteiger partial charge is 0.124 e. The minimum atomic E-state index is 0.445. The second-order valence-corrected chi connectivity index (χ2v) is 6.53. The van der Waals surface area contributed by atoms with Crippen molar-refractivity contribution in [3.8, 4) is 5.75 Å². The van der Waals surface area contributed by atoms with Gasteiger partial charge >= 0.3 is 0 Å². The third-order valence-electron chi connectivity index (χ3n) is 4.76. The van der Waals surface area contributed by atoms with Crippen LogP contribution in [0.15, 0.2) is 12.1 Å². The van der Waals surface area contributed by atoms with E-state index in [1.165, 1.54) is 55.2 Å². The fourth-order valence-electron chi connectivity index (χ4n) is 3.78. The lowest BCUT2D eigenvalue weighted by Crippen LogP contribution is -2.31. The van der Waals surface area contributed by atoms with Crippen molar-refractivity contribution in [2.45, 2.75) is 65.3 Å². The third kappa shape index (κ3) is 4.00. The van der Waals surface area contributed by atoms with Crippen molar-refractivity contribution in [1.82, 2.24) is 5.32 Å². The molecule has 1 aromatic rings. The maximum Gasteiger partial charge on any atom is 0.124 e. The normalized spacial score (nSPS) is 17.7. The zero-order chi connectivity index (χ0) is 15.2. The van der Waals surface area contributed by atoms with Crippen molar-refractivity contribution in [3.05, 3.63) is 28.8 Å². The average molecular weight is 289 g/mol. The Bertz CT molecular complexity index is 449. The molecule has 0 aliphatic heterocycles. The van der Waals surface area contributed by atoms with Gasteiger partial charge in [-0.2, -0.15) is 0 Å². The average Bonchev–Trinajstić information content (AvgIpc) is 2.49. The van der Waals surface area contributed by atoms with Gasteiger partial charge in [-0.25, -0.2) is 0 Å². The molecule has 1 unspecified atom stereocenters. The van der Waals surface area contributed by atoms with E-state index in [0.29, 0.717) is 6.04 Å². The molecule has 0 bridgehead atoms. The van der Waals surface area contributed by atoms with Gasteiger partial charge in [0, 0.05) is 11.6 Å². The summed E-state index contributed by atoms with van der Waals surface area (Å²) in [5.74, 6) is 1.81. The van der Waals surface area contributed by atoms with E-state index >= 15 is 0 Å². The lowest BCUT2D eigenvalue weighted by molar-refractivity contribution is 0.265. The van der Waals surface area contributed by atoms with Gasteiger partial charge in [-0.3, -0.25) is 0 Å². The Morgan fingerprint density at radius 3 is 2.52 bits per heavy atom. The Balaban J connectivity index is 2.34. The van der Waals surface area contributed by atoms with E-state index in [0.717, 1.165) is 18.2 Å². The summed E-state index contributed by atoms with van der Waals surface area (Å²) in [6.07, 6.45) is 8.03. The molecule has 2 nitrogen and oxygen atoms in total. The number of aryl methyl sites for hydroxylation is 2. The molecule has 1 aliphatic carbocycles. The molecule has 0 aromatic heterocycles. The van der Waals surface area contributed by atoms with Crippen LogP contribution in [0.4, 0.5) is 0 Å². The standard InChI is InChI=1S/C19H31NO/c1-5-11-20-19(16-9-7-6-8-10-16)18-15(3)12-14(2)13-17(18)21-4/h12-13,16,19-20H,5-11H2,1-4H3. The number of nitrogens with one attached hydrogen (secondary N) is 1. The van der Waals surface area contributed by atoms with E-state index in [-0.39, 0.29) is 0 Å². The van der Waals surface area contributed by atoms with Gasteiger partial charge in [-0.05, 0) is 62.8 Å². The molecule has 2 heteroatoms. The summed E-state index contributed by atoms with van der Waals surface area (Å²) in [5, 5.41) is 3.81. The van der Waals surface area contributed by atoms with Gasteiger partial charge in [0.1, 0.15) is 5.75 Å². The highest BCUT2D eigenvalue weighted by Gasteiger charge is 2.28. The molecule has 1 fully saturated rings. The fraction of sp³-hybridized carbons (Fsp3) is 0.684. The SMILES string of the molecule is CCCNC(c1c(C)cc(C)cc1OC)C1CCCCC1. The van der Waals surface area contributed by atoms with E-state index in [1.807, 2.05) is 0 Å². The maximum atomic E-state index is 5.72. The Morgan fingerprint density at radius 2 is 1.90 bits per heavy atom. The molecule has 0 amide bonds. The summed E-state index contributed by atoms with van der Waals surface area (Å²) >= 11 is 0. The molecule has 21 heavy (non-hydrogen) atoms. The molecule has 1 atom stereocenters. The number of rotatable bonds is 6. The first-order chi connectivity index (χ1) is 10.2. The maximum absolute atomic E-state index is 5.72. The first kappa shape index (κ1) is 16.4. The molecule has 1 aliphatic rings. The van der Waals surface area contributed by atoms with Crippen molar-refractivity contribution in [1.29, 1.82) is 0 Å². The van der Waals surface area contributed by atoms with Crippen LogP contribution in [-0.4, -0.2) is 13.7 Å². The monoisotopic (exact) mass is 289 g/mol. The molecule has 118 valence electrons. The van der Waals surface area contributed by atoms with E-state index in [9.17, 15) is 0 Å². The minimum absolute atomic E-state index is 0.445. The predicted molar refractivity (Wildman–Crippen MR) is 90.1 cm³/mol. The first-order valence-corrected chi connectivity index (χ1v) is 8.55. The van der Waals surface area contributed by atoms with Crippen LogP contribution < -0.4 is 10.1 Å². The molecule has 0 heterocycles. The van der Waals surface area contributed by atoms with Crippen LogP contribution in [-0.2, 0) is 0 Å². The summed E-state index contributed by atoms with van der Waals surface area (Å²) < 4.78 is 5.72. The Labute approximate surface area is 130 Å². The third-order valence-corrected chi connectivity index (χ3v) is 4.76. The molecule has 0 saturated heterocycles. The fourth-order valence-corrected chi connectivity index (χ4v) is 3.78. The van der Waals surface area contributed by atoms with Crippen molar-refractivity contribution < 1.29 is 4.74 Å². The highest BCUT2D eigenvalue weighted by Crippen LogP contribution is 2.40. The molecular weight excluding hydrogens is 258 g/mol. The summed E-state index contributed by atoms with van der Waals surface area (Å²) in [7, 11) is 1.80.